The fourth-order valence-electron chi connectivity index (χ4n) is 2.55. The summed E-state index contributed by atoms with van der Waals surface area (Å²) in [5.41, 5.74) is 0. The summed E-state index contributed by atoms with van der Waals surface area (Å²) in [4.78, 5) is 0. The van der Waals surface area contributed by atoms with E-state index in [4.69, 9.17) is 0 Å². The van der Waals surface area contributed by atoms with Crippen LogP contribution in [-0.2, 0) is 0 Å². The Morgan fingerprint density at radius 1 is 0.818 bits per heavy atom. The predicted octanol–water partition coefficient (Wildman–Crippen LogP) is 2.41. The lowest BCUT2D eigenvalue weighted by Crippen LogP contribution is -2.55. The third kappa shape index (κ3) is 1.44. The van der Waals surface area contributed by atoms with Gasteiger partial charge in [-0.05, 0) is 27.7 Å². The summed E-state index contributed by atoms with van der Waals surface area (Å²) in [6, 6.07) is 1.63. The zero-order valence-electron chi connectivity index (χ0n) is 8.43. The SMILES string of the molecule is CC(C)[N+]1(C(C)C)CCCC1. The molecule has 0 unspecified atom stereocenters. The molecule has 1 nitrogen and oxygen atoms in total. The van der Waals surface area contributed by atoms with Crippen LogP contribution in [0.25, 0.3) is 0 Å². The minimum Gasteiger partial charge on any atom is -0.320 e. The van der Waals surface area contributed by atoms with Crippen molar-refractivity contribution < 1.29 is 4.48 Å². The Morgan fingerprint density at radius 3 is 1.36 bits per heavy atom. The normalized spacial score (nSPS) is 23.5. The van der Waals surface area contributed by atoms with Gasteiger partial charge < -0.3 is 4.48 Å². The van der Waals surface area contributed by atoms with Gasteiger partial charge >= 0.3 is 0 Å². The van der Waals surface area contributed by atoms with Gasteiger partial charge in [0.15, 0.2) is 0 Å². The first-order valence-corrected chi connectivity index (χ1v) is 4.96. The number of rotatable bonds is 2. The molecular weight excluding hydrogens is 134 g/mol. The molecule has 1 rings (SSSR count). The topological polar surface area (TPSA) is 0 Å². The van der Waals surface area contributed by atoms with E-state index < -0.39 is 0 Å². The Hall–Kier alpha value is -0.0400. The molecule has 0 bridgehead atoms. The summed E-state index contributed by atoms with van der Waals surface area (Å²) in [7, 11) is 0. The second-order valence-corrected chi connectivity index (χ2v) is 4.44. The van der Waals surface area contributed by atoms with E-state index in [1.807, 2.05) is 0 Å². The van der Waals surface area contributed by atoms with E-state index >= 15 is 0 Å². The van der Waals surface area contributed by atoms with Crippen LogP contribution in [0.1, 0.15) is 40.5 Å². The van der Waals surface area contributed by atoms with Crippen LogP contribution in [0, 0.1) is 0 Å². The Balaban J connectivity index is 2.70. The molecule has 1 aliphatic heterocycles. The third-order valence-corrected chi connectivity index (χ3v) is 3.46. The average Bonchev–Trinajstić information content (AvgIpc) is 2.34. The van der Waals surface area contributed by atoms with Crippen molar-refractivity contribution in [2.75, 3.05) is 13.1 Å². The molecule has 0 aliphatic carbocycles. The highest BCUT2D eigenvalue weighted by Crippen LogP contribution is 2.26. The fourth-order valence-corrected chi connectivity index (χ4v) is 2.55. The summed E-state index contributed by atoms with van der Waals surface area (Å²) in [5, 5.41) is 0. The van der Waals surface area contributed by atoms with Gasteiger partial charge in [0.2, 0.25) is 0 Å². The maximum Gasteiger partial charge on any atom is 0.0835 e. The molecule has 0 N–H and O–H groups in total. The van der Waals surface area contributed by atoms with E-state index in [1.165, 1.54) is 30.4 Å². The van der Waals surface area contributed by atoms with Crippen molar-refractivity contribution in [3.8, 4) is 0 Å². The fraction of sp³-hybridized carbons (Fsp3) is 1.00. The lowest BCUT2D eigenvalue weighted by molar-refractivity contribution is -0.956. The Kier molecular flexibility index (Phi) is 2.58. The number of quaternary nitrogens is 1. The van der Waals surface area contributed by atoms with E-state index in [1.54, 1.807) is 0 Å². The molecule has 1 heterocycles. The first kappa shape index (κ1) is 9.05. The summed E-state index contributed by atoms with van der Waals surface area (Å²) in [5.74, 6) is 0. The van der Waals surface area contributed by atoms with Crippen LogP contribution in [0.3, 0.4) is 0 Å². The molecular formula is C10H22N+. The van der Waals surface area contributed by atoms with E-state index in [0.29, 0.717) is 0 Å². The Bertz CT molecular complexity index is 111. The predicted molar refractivity (Wildman–Crippen MR) is 49.5 cm³/mol. The van der Waals surface area contributed by atoms with Crippen LogP contribution in [0.4, 0.5) is 0 Å². The van der Waals surface area contributed by atoms with Crippen molar-refractivity contribution in [2.24, 2.45) is 0 Å². The van der Waals surface area contributed by atoms with Crippen LogP contribution < -0.4 is 0 Å². The summed E-state index contributed by atoms with van der Waals surface area (Å²) < 4.78 is 1.36. The van der Waals surface area contributed by atoms with Gasteiger partial charge in [0.25, 0.3) is 0 Å². The number of nitrogens with zero attached hydrogens (tertiary/aromatic N) is 1. The number of hydrogen-bond donors (Lipinski definition) is 0. The van der Waals surface area contributed by atoms with E-state index in [9.17, 15) is 0 Å². The van der Waals surface area contributed by atoms with Crippen molar-refractivity contribution in [1.29, 1.82) is 0 Å². The molecule has 1 fully saturated rings. The van der Waals surface area contributed by atoms with Crippen molar-refractivity contribution in [1.82, 2.24) is 0 Å². The number of hydrogen-bond acceptors (Lipinski definition) is 0. The molecule has 66 valence electrons. The second kappa shape index (κ2) is 3.14. The van der Waals surface area contributed by atoms with Crippen molar-refractivity contribution in [3.05, 3.63) is 0 Å². The maximum absolute atomic E-state index is 2.37. The molecule has 1 aliphatic rings. The molecule has 0 atom stereocenters. The van der Waals surface area contributed by atoms with Gasteiger partial charge in [-0.1, -0.05) is 0 Å². The molecule has 11 heavy (non-hydrogen) atoms. The first-order valence-electron chi connectivity index (χ1n) is 4.96. The monoisotopic (exact) mass is 156 g/mol. The van der Waals surface area contributed by atoms with Crippen molar-refractivity contribution in [3.63, 3.8) is 0 Å². The molecule has 0 spiro atoms. The van der Waals surface area contributed by atoms with Gasteiger partial charge in [-0.25, -0.2) is 0 Å². The van der Waals surface area contributed by atoms with Gasteiger partial charge in [0, 0.05) is 12.8 Å². The molecule has 1 heteroatoms. The molecule has 0 saturated carbocycles. The second-order valence-electron chi connectivity index (χ2n) is 4.44. The minimum atomic E-state index is 0.817. The Labute approximate surface area is 71.0 Å². The molecule has 0 amide bonds. The van der Waals surface area contributed by atoms with Gasteiger partial charge in [0.1, 0.15) is 0 Å². The van der Waals surface area contributed by atoms with E-state index in [-0.39, 0.29) is 0 Å². The lowest BCUT2D eigenvalue weighted by atomic mass is 10.1. The highest BCUT2D eigenvalue weighted by atomic mass is 15.4. The van der Waals surface area contributed by atoms with Crippen molar-refractivity contribution >= 4 is 0 Å². The number of likely N-dealkylation sites (tertiary alicyclic amines) is 1. The smallest absolute Gasteiger partial charge is 0.0835 e. The van der Waals surface area contributed by atoms with E-state index in [2.05, 4.69) is 27.7 Å². The quantitative estimate of drug-likeness (QED) is 0.539. The standard InChI is InChI=1S/C10H22N/c1-9(2)11(10(3)4)7-5-6-8-11/h9-10H,5-8H2,1-4H3/q+1. The average molecular weight is 156 g/mol. The zero-order valence-corrected chi connectivity index (χ0v) is 8.43. The highest BCUT2D eigenvalue weighted by molar-refractivity contribution is 4.61. The minimum absolute atomic E-state index is 0.817. The Morgan fingerprint density at radius 2 is 1.18 bits per heavy atom. The summed E-state index contributed by atoms with van der Waals surface area (Å²) in [6.45, 7) is 12.3. The molecule has 0 aromatic rings. The van der Waals surface area contributed by atoms with Crippen LogP contribution in [0.5, 0.6) is 0 Å². The van der Waals surface area contributed by atoms with Gasteiger partial charge in [-0.2, -0.15) is 0 Å². The lowest BCUT2D eigenvalue weighted by Gasteiger charge is -2.42. The molecule has 0 aromatic carbocycles. The maximum atomic E-state index is 2.37. The highest BCUT2D eigenvalue weighted by Gasteiger charge is 2.37. The summed E-state index contributed by atoms with van der Waals surface area (Å²) in [6.07, 6.45) is 2.88. The summed E-state index contributed by atoms with van der Waals surface area (Å²) >= 11 is 0. The van der Waals surface area contributed by atoms with Crippen LogP contribution in [0.15, 0.2) is 0 Å². The van der Waals surface area contributed by atoms with Crippen LogP contribution in [0.2, 0.25) is 0 Å². The van der Waals surface area contributed by atoms with Crippen LogP contribution >= 0.6 is 0 Å². The first-order chi connectivity index (χ1) is 5.09. The zero-order chi connectivity index (χ0) is 8.48. The molecule has 0 radical (unpaired) electrons. The van der Waals surface area contributed by atoms with Gasteiger partial charge in [0.05, 0.1) is 25.2 Å². The van der Waals surface area contributed by atoms with Gasteiger partial charge in [-0.15, -0.1) is 0 Å². The molecule has 0 aromatic heterocycles. The van der Waals surface area contributed by atoms with Crippen LogP contribution in [-0.4, -0.2) is 29.7 Å². The van der Waals surface area contributed by atoms with Gasteiger partial charge in [-0.3, -0.25) is 0 Å². The van der Waals surface area contributed by atoms with E-state index in [0.717, 1.165) is 12.1 Å². The van der Waals surface area contributed by atoms with Crippen molar-refractivity contribution in [2.45, 2.75) is 52.6 Å². The largest absolute Gasteiger partial charge is 0.320 e. The third-order valence-electron chi connectivity index (χ3n) is 3.46. The molecule has 1 saturated heterocycles.